The Labute approximate surface area is 138 Å². The first-order chi connectivity index (χ1) is 10.7. The van der Waals surface area contributed by atoms with Crippen LogP contribution >= 0.6 is 23.2 Å². The van der Waals surface area contributed by atoms with Gasteiger partial charge in [-0.25, -0.2) is 4.98 Å². The van der Waals surface area contributed by atoms with Gasteiger partial charge in [-0.1, -0.05) is 53.5 Å². The smallest absolute Gasteiger partial charge is 0.0917 e. The van der Waals surface area contributed by atoms with Crippen LogP contribution in [0.3, 0.4) is 0 Å². The number of fused-ring (bicyclic) bond motifs is 1. The van der Waals surface area contributed by atoms with Crippen LogP contribution in [0.5, 0.6) is 0 Å². The maximum Gasteiger partial charge on any atom is 0.0917 e. The van der Waals surface area contributed by atoms with Gasteiger partial charge in [0.15, 0.2) is 0 Å². The van der Waals surface area contributed by atoms with Crippen LogP contribution in [0.25, 0.3) is 22.2 Å². The molecule has 0 aliphatic rings. The summed E-state index contributed by atoms with van der Waals surface area (Å²) in [6, 6.07) is 15.3. The molecule has 0 spiro atoms. The summed E-state index contributed by atoms with van der Waals surface area (Å²) in [5.74, 6) is 0. The fourth-order valence-electron chi connectivity index (χ4n) is 2.35. The SMILES string of the molecule is OCCNc1c(Cl)c(-c2ccccc2)nc2ccc(Cl)cc12. The van der Waals surface area contributed by atoms with Crippen LogP contribution in [0.2, 0.25) is 10.0 Å². The summed E-state index contributed by atoms with van der Waals surface area (Å²) in [7, 11) is 0. The molecular formula is C17H14Cl2N2O. The van der Waals surface area contributed by atoms with Gasteiger partial charge in [0.05, 0.1) is 28.5 Å². The highest BCUT2D eigenvalue weighted by Crippen LogP contribution is 2.38. The van der Waals surface area contributed by atoms with E-state index in [2.05, 4.69) is 10.3 Å². The van der Waals surface area contributed by atoms with Gasteiger partial charge in [-0.2, -0.15) is 0 Å². The zero-order valence-corrected chi connectivity index (χ0v) is 13.2. The van der Waals surface area contributed by atoms with E-state index in [1.54, 1.807) is 6.07 Å². The third-order valence-electron chi connectivity index (χ3n) is 3.35. The Hall–Kier alpha value is -1.81. The Morgan fingerprint density at radius 1 is 1.05 bits per heavy atom. The summed E-state index contributed by atoms with van der Waals surface area (Å²) in [5, 5.41) is 14.2. The topological polar surface area (TPSA) is 45.1 Å². The van der Waals surface area contributed by atoms with Gasteiger partial charge >= 0.3 is 0 Å². The maximum atomic E-state index is 9.08. The maximum absolute atomic E-state index is 9.08. The van der Waals surface area contributed by atoms with Crippen molar-refractivity contribution in [3.8, 4) is 11.3 Å². The fraction of sp³-hybridized carbons (Fsp3) is 0.118. The van der Waals surface area contributed by atoms with E-state index in [0.29, 0.717) is 22.3 Å². The van der Waals surface area contributed by atoms with Crippen molar-refractivity contribution >= 4 is 39.8 Å². The predicted molar refractivity (Wildman–Crippen MR) is 92.8 cm³/mol. The number of rotatable bonds is 4. The molecule has 0 saturated carbocycles. The Morgan fingerprint density at radius 3 is 2.55 bits per heavy atom. The second kappa shape index (κ2) is 6.53. The quantitative estimate of drug-likeness (QED) is 0.733. The molecule has 0 radical (unpaired) electrons. The average Bonchev–Trinajstić information content (AvgIpc) is 2.54. The minimum atomic E-state index is 0.0153. The van der Waals surface area contributed by atoms with Crippen molar-refractivity contribution in [2.24, 2.45) is 0 Å². The number of anilines is 1. The van der Waals surface area contributed by atoms with Crippen molar-refractivity contribution in [2.45, 2.75) is 0 Å². The van der Waals surface area contributed by atoms with E-state index in [9.17, 15) is 0 Å². The molecule has 0 atom stereocenters. The number of halogens is 2. The van der Waals surface area contributed by atoms with Gasteiger partial charge in [0, 0.05) is 22.5 Å². The number of nitrogens with zero attached hydrogens (tertiary/aromatic N) is 1. The van der Waals surface area contributed by atoms with Crippen molar-refractivity contribution in [1.82, 2.24) is 4.98 Å². The summed E-state index contributed by atoms with van der Waals surface area (Å²) >= 11 is 12.6. The summed E-state index contributed by atoms with van der Waals surface area (Å²) in [6.07, 6.45) is 0. The Morgan fingerprint density at radius 2 is 1.82 bits per heavy atom. The second-order valence-corrected chi connectivity index (χ2v) is 5.64. The van der Waals surface area contributed by atoms with Gasteiger partial charge in [0.1, 0.15) is 0 Å². The average molecular weight is 333 g/mol. The molecular weight excluding hydrogens is 319 g/mol. The number of aliphatic hydroxyl groups is 1. The molecule has 2 aromatic carbocycles. The van der Waals surface area contributed by atoms with Crippen LogP contribution < -0.4 is 5.32 Å². The molecule has 0 aliphatic heterocycles. The normalized spacial score (nSPS) is 10.9. The molecule has 5 heteroatoms. The van der Waals surface area contributed by atoms with Crippen LogP contribution in [0, 0.1) is 0 Å². The van der Waals surface area contributed by atoms with Gasteiger partial charge in [-0.15, -0.1) is 0 Å². The van der Waals surface area contributed by atoms with Gasteiger partial charge < -0.3 is 10.4 Å². The zero-order valence-electron chi connectivity index (χ0n) is 11.7. The van der Waals surface area contributed by atoms with E-state index in [-0.39, 0.29) is 6.61 Å². The first-order valence-corrected chi connectivity index (χ1v) is 7.65. The summed E-state index contributed by atoms with van der Waals surface area (Å²) in [5.41, 5.74) is 3.18. The lowest BCUT2D eigenvalue weighted by molar-refractivity contribution is 0.311. The molecule has 0 unspecified atom stereocenters. The monoisotopic (exact) mass is 332 g/mol. The highest BCUT2D eigenvalue weighted by atomic mass is 35.5. The highest BCUT2D eigenvalue weighted by molar-refractivity contribution is 6.37. The molecule has 2 N–H and O–H groups in total. The number of aromatic nitrogens is 1. The van der Waals surface area contributed by atoms with E-state index < -0.39 is 0 Å². The largest absolute Gasteiger partial charge is 0.395 e. The zero-order chi connectivity index (χ0) is 15.5. The fourth-order valence-corrected chi connectivity index (χ4v) is 2.85. The Bertz CT molecular complexity index is 807. The number of nitrogens with one attached hydrogen (secondary N) is 1. The molecule has 1 heterocycles. The molecule has 22 heavy (non-hydrogen) atoms. The first kappa shape index (κ1) is 15.1. The number of aliphatic hydroxyl groups excluding tert-OH is 1. The third kappa shape index (κ3) is 2.88. The van der Waals surface area contributed by atoms with Crippen molar-refractivity contribution < 1.29 is 5.11 Å². The number of benzene rings is 2. The van der Waals surface area contributed by atoms with Gasteiger partial charge in [-0.05, 0) is 18.2 Å². The Balaban J connectivity index is 2.26. The van der Waals surface area contributed by atoms with Crippen LogP contribution in [0.4, 0.5) is 5.69 Å². The summed E-state index contributed by atoms with van der Waals surface area (Å²) < 4.78 is 0. The van der Waals surface area contributed by atoms with Crippen molar-refractivity contribution in [2.75, 3.05) is 18.5 Å². The number of hydrogen-bond donors (Lipinski definition) is 2. The molecule has 3 rings (SSSR count). The molecule has 0 bridgehead atoms. The molecule has 112 valence electrons. The Kier molecular flexibility index (Phi) is 4.48. The van der Waals surface area contributed by atoms with Crippen LogP contribution in [-0.4, -0.2) is 23.2 Å². The van der Waals surface area contributed by atoms with E-state index in [4.69, 9.17) is 28.3 Å². The minimum Gasteiger partial charge on any atom is -0.395 e. The van der Waals surface area contributed by atoms with Crippen LogP contribution in [0.15, 0.2) is 48.5 Å². The molecule has 1 aromatic heterocycles. The van der Waals surface area contributed by atoms with Crippen LogP contribution in [-0.2, 0) is 0 Å². The molecule has 0 saturated heterocycles. The molecule has 0 fully saturated rings. The molecule has 0 aliphatic carbocycles. The van der Waals surface area contributed by atoms with Gasteiger partial charge in [0.2, 0.25) is 0 Å². The first-order valence-electron chi connectivity index (χ1n) is 6.89. The second-order valence-electron chi connectivity index (χ2n) is 4.83. The molecule has 3 nitrogen and oxygen atoms in total. The summed E-state index contributed by atoms with van der Waals surface area (Å²) in [4.78, 5) is 4.66. The van der Waals surface area contributed by atoms with E-state index in [1.807, 2.05) is 42.5 Å². The third-order valence-corrected chi connectivity index (χ3v) is 3.95. The minimum absolute atomic E-state index is 0.0153. The van der Waals surface area contributed by atoms with Crippen molar-refractivity contribution in [3.05, 3.63) is 58.6 Å². The van der Waals surface area contributed by atoms with E-state index >= 15 is 0 Å². The van der Waals surface area contributed by atoms with Crippen molar-refractivity contribution in [1.29, 1.82) is 0 Å². The number of pyridine rings is 1. The lowest BCUT2D eigenvalue weighted by Crippen LogP contribution is -2.07. The summed E-state index contributed by atoms with van der Waals surface area (Å²) in [6.45, 7) is 0.418. The van der Waals surface area contributed by atoms with Crippen LogP contribution in [0.1, 0.15) is 0 Å². The van der Waals surface area contributed by atoms with Gasteiger partial charge in [0.25, 0.3) is 0 Å². The predicted octanol–water partition coefficient (Wildman–Crippen LogP) is 4.61. The lowest BCUT2D eigenvalue weighted by Gasteiger charge is -2.14. The van der Waals surface area contributed by atoms with Crippen molar-refractivity contribution in [3.63, 3.8) is 0 Å². The highest BCUT2D eigenvalue weighted by Gasteiger charge is 2.15. The number of hydrogen-bond acceptors (Lipinski definition) is 3. The lowest BCUT2D eigenvalue weighted by atomic mass is 10.1. The standard InChI is InChI=1S/C17H14Cl2N2O/c18-12-6-7-14-13(10-12)17(20-8-9-22)15(19)16(21-14)11-4-2-1-3-5-11/h1-7,10,22H,8-9H2,(H,20,21). The van der Waals surface area contributed by atoms with Gasteiger partial charge in [-0.3, -0.25) is 0 Å². The molecule has 3 aromatic rings. The van der Waals surface area contributed by atoms with E-state index in [0.717, 1.165) is 22.2 Å². The van der Waals surface area contributed by atoms with E-state index in [1.165, 1.54) is 0 Å². The molecule has 0 amide bonds.